The van der Waals surface area contributed by atoms with Crippen LogP contribution in [0.1, 0.15) is 11.1 Å². The normalized spacial score (nSPS) is 10.2. The molecule has 0 radical (unpaired) electrons. The lowest BCUT2D eigenvalue weighted by molar-refractivity contribution is -0.123. The second-order valence-electron chi connectivity index (χ2n) is 4.21. The lowest BCUT2D eigenvalue weighted by Gasteiger charge is -2.07. The van der Waals surface area contributed by atoms with Gasteiger partial charge in [-0.2, -0.15) is 11.3 Å². The van der Waals surface area contributed by atoms with Gasteiger partial charge in [0.1, 0.15) is 5.75 Å². The van der Waals surface area contributed by atoms with Crippen LogP contribution in [0.3, 0.4) is 0 Å². The average molecular weight is 276 g/mol. The molecule has 1 aromatic carbocycles. The molecular formula is C14H16N2O2S. The van der Waals surface area contributed by atoms with Crippen LogP contribution in [0.4, 0.5) is 5.69 Å². The molecule has 0 saturated heterocycles. The van der Waals surface area contributed by atoms with Gasteiger partial charge in [0.2, 0.25) is 0 Å². The maximum atomic E-state index is 11.6. The molecule has 100 valence electrons. The molecule has 0 unspecified atom stereocenters. The highest BCUT2D eigenvalue weighted by atomic mass is 32.1. The van der Waals surface area contributed by atoms with Crippen molar-refractivity contribution < 1.29 is 9.53 Å². The maximum absolute atomic E-state index is 11.6. The minimum atomic E-state index is -0.137. The number of thiophene rings is 1. The zero-order valence-electron chi connectivity index (χ0n) is 10.7. The van der Waals surface area contributed by atoms with Gasteiger partial charge in [0.05, 0.1) is 0 Å². The summed E-state index contributed by atoms with van der Waals surface area (Å²) in [5, 5.41) is 6.93. The highest BCUT2D eigenvalue weighted by molar-refractivity contribution is 7.08. The Morgan fingerprint density at radius 1 is 1.32 bits per heavy atom. The molecule has 5 heteroatoms. The minimum absolute atomic E-state index is 0.00705. The number of anilines is 1. The summed E-state index contributed by atoms with van der Waals surface area (Å²) in [6, 6.07) is 6.96. The molecular weight excluding hydrogens is 260 g/mol. The molecule has 0 aliphatic carbocycles. The van der Waals surface area contributed by atoms with Crippen molar-refractivity contribution in [2.75, 3.05) is 12.3 Å². The molecule has 0 atom stereocenters. The van der Waals surface area contributed by atoms with Crippen molar-refractivity contribution in [3.05, 3.63) is 46.2 Å². The third-order valence-electron chi connectivity index (χ3n) is 2.69. The van der Waals surface area contributed by atoms with Crippen molar-refractivity contribution in [3.8, 4) is 5.75 Å². The summed E-state index contributed by atoms with van der Waals surface area (Å²) in [6.07, 6.45) is 0. The Balaban J connectivity index is 1.76. The number of nitrogen functional groups attached to an aromatic ring is 1. The average Bonchev–Trinajstić information content (AvgIpc) is 2.81. The first-order valence-corrected chi connectivity index (χ1v) is 6.86. The Hall–Kier alpha value is -2.01. The topological polar surface area (TPSA) is 64.3 Å². The minimum Gasteiger partial charge on any atom is -0.484 e. The summed E-state index contributed by atoms with van der Waals surface area (Å²) < 4.78 is 5.36. The van der Waals surface area contributed by atoms with E-state index in [1.165, 1.54) is 5.56 Å². The number of amides is 1. The van der Waals surface area contributed by atoms with E-state index in [0.717, 1.165) is 5.56 Å². The molecule has 1 amide bonds. The molecule has 2 aromatic rings. The van der Waals surface area contributed by atoms with Crippen LogP contribution < -0.4 is 15.8 Å². The lowest BCUT2D eigenvalue weighted by atomic mass is 10.2. The van der Waals surface area contributed by atoms with Gasteiger partial charge in [-0.05, 0) is 53.1 Å². The number of carbonyl (C=O) groups excluding carboxylic acids is 1. The van der Waals surface area contributed by atoms with Gasteiger partial charge in [-0.25, -0.2) is 0 Å². The fourth-order valence-corrected chi connectivity index (χ4v) is 2.38. The molecule has 1 heterocycles. The van der Waals surface area contributed by atoms with Gasteiger partial charge in [0, 0.05) is 12.2 Å². The number of ether oxygens (including phenoxy) is 1. The van der Waals surface area contributed by atoms with Gasteiger partial charge in [0.15, 0.2) is 6.61 Å². The molecule has 3 N–H and O–H groups in total. The van der Waals surface area contributed by atoms with E-state index in [1.807, 2.05) is 12.3 Å². The Labute approximate surface area is 116 Å². The summed E-state index contributed by atoms with van der Waals surface area (Å²) in [4.78, 5) is 11.6. The van der Waals surface area contributed by atoms with Crippen molar-refractivity contribution in [2.24, 2.45) is 0 Å². The van der Waals surface area contributed by atoms with Gasteiger partial charge >= 0.3 is 0 Å². The van der Waals surface area contributed by atoms with Crippen LogP contribution in [-0.4, -0.2) is 12.5 Å². The first-order valence-electron chi connectivity index (χ1n) is 5.92. The summed E-state index contributed by atoms with van der Waals surface area (Å²) in [5.74, 6) is 0.499. The van der Waals surface area contributed by atoms with Crippen molar-refractivity contribution in [1.29, 1.82) is 0 Å². The second-order valence-corrected chi connectivity index (χ2v) is 4.96. The number of benzene rings is 1. The number of hydrogen-bond acceptors (Lipinski definition) is 4. The van der Waals surface area contributed by atoms with Gasteiger partial charge in [-0.1, -0.05) is 0 Å². The van der Waals surface area contributed by atoms with E-state index in [-0.39, 0.29) is 12.5 Å². The molecule has 0 aliphatic heterocycles. The molecule has 4 nitrogen and oxygen atoms in total. The summed E-state index contributed by atoms with van der Waals surface area (Å²) in [5.41, 5.74) is 8.58. The van der Waals surface area contributed by atoms with E-state index in [1.54, 1.807) is 35.6 Å². The quantitative estimate of drug-likeness (QED) is 0.824. The largest absolute Gasteiger partial charge is 0.484 e. The zero-order valence-corrected chi connectivity index (χ0v) is 11.5. The van der Waals surface area contributed by atoms with Crippen LogP contribution in [0, 0.1) is 6.92 Å². The number of hydrogen-bond donors (Lipinski definition) is 2. The summed E-state index contributed by atoms with van der Waals surface area (Å²) in [6.45, 7) is 2.58. The van der Waals surface area contributed by atoms with Crippen LogP contribution in [0.5, 0.6) is 5.75 Å². The van der Waals surface area contributed by atoms with Gasteiger partial charge in [-0.15, -0.1) is 0 Å². The van der Waals surface area contributed by atoms with Gasteiger partial charge in [-0.3, -0.25) is 4.79 Å². The van der Waals surface area contributed by atoms with E-state index in [0.29, 0.717) is 18.0 Å². The van der Waals surface area contributed by atoms with Crippen molar-refractivity contribution in [2.45, 2.75) is 13.5 Å². The molecule has 2 rings (SSSR count). The molecule has 0 bridgehead atoms. The fourth-order valence-electron chi connectivity index (χ4n) is 1.53. The van der Waals surface area contributed by atoms with Crippen LogP contribution in [0.25, 0.3) is 0 Å². The number of nitrogens with two attached hydrogens (primary N) is 1. The summed E-state index contributed by atoms with van der Waals surface area (Å²) >= 11 is 1.64. The third-order valence-corrected chi connectivity index (χ3v) is 3.60. The van der Waals surface area contributed by atoms with Gasteiger partial charge < -0.3 is 15.8 Å². The second kappa shape index (κ2) is 6.24. The highest BCUT2D eigenvalue weighted by Crippen LogP contribution is 2.14. The summed E-state index contributed by atoms with van der Waals surface area (Å²) in [7, 11) is 0. The Morgan fingerprint density at radius 2 is 2.05 bits per heavy atom. The SMILES string of the molecule is Cc1cscc1CNC(=O)COc1ccc(N)cc1. The molecule has 0 spiro atoms. The van der Waals surface area contributed by atoms with Crippen LogP contribution in [-0.2, 0) is 11.3 Å². The number of carbonyl (C=O) groups is 1. The van der Waals surface area contributed by atoms with E-state index >= 15 is 0 Å². The number of aryl methyl sites for hydroxylation is 1. The van der Waals surface area contributed by atoms with Crippen LogP contribution >= 0.6 is 11.3 Å². The van der Waals surface area contributed by atoms with Crippen molar-refractivity contribution >= 4 is 22.9 Å². The van der Waals surface area contributed by atoms with Crippen LogP contribution in [0.2, 0.25) is 0 Å². The molecule has 0 saturated carbocycles. The van der Waals surface area contributed by atoms with E-state index in [2.05, 4.69) is 10.7 Å². The van der Waals surface area contributed by atoms with E-state index < -0.39 is 0 Å². The highest BCUT2D eigenvalue weighted by Gasteiger charge is 2.04. The Bertz CT molecular complexity index is 549. The monoisotopic (exact) mass is 276 g/mol. The fraction of sp³-hybridized carbons (Fsp3) is 0.214. The van der Waals surface area contributed by atoms with Gasteiger partial charge in [0.25, 0.3) is 5.91 Å². The Morgan fingerprint density at radius 3 is 2.68 bits per heavy atom. The predicted molar refractivity (Wildman–Crippen MR) is 77.3 cm³/mol. The number of rotatable bonds is 5. The predicted octanol–water partition coefficient (Wildman–Crippen LogP) is 2.33. The molecule has 1 aromatic heterocycles. The standard InChI is InChI=1S/C14H16N2O2S/c1-10-8-19-9-11(10)6-16-14(17)7-18-13-4-2-12(15)3-5-13/h2-5,8-9H,6-7,15H2,1H3,(H,16,17). The number of nitrogens with one attached hydrogen (secondary N) is 1. The smallest absolute Gasteiger partial charge is 0.258 e. The molecule has 0 aliphatic rings. The maximum Gasteiger partial charge on any atom is 0.258 e. The van der Waals surface area contributed by atoms with Crippen molar-refractivity contribution in [3.63, 3.8) is 0 Å². The zero-order chi connectivity index (χ0) is 13.7. The molecule has 0 fully saturated rings. The van der Waals surface area contributed by atoms with E-state index in [9.17, 15) is 4.79 Å². The lowest BCUT2D eigenvalue weighted by Crippen LogP contribution is -2.28. The van der Waals surface area contributed by atoms with Crippen molar-refractivity contribution in [1.82, 2.24) is 5.32 Å². The third kappa shape index (κ3) is 3.99. The van der Waals surface area contributed by atoms with Crippen LogP contribution in [0.15, 0.2) is 35.0 Å². The first kappa shape index (κ1) is 13.4. The first-order chi connectivity index (χ1) is 9.15. The Kier molecular flexibility index (Phi) is 4.41. The molecule has 19 heavy (non-hydrogen) atoms. The van der Waals surface area contributed by atoms with E-state index in [4.69, 9.17) is 10.5 Å².